The Hall–Kier alpha value is -3.18. The first-order chi connectivity index (χ1) is 16.9. The first-order valence-corrected chi connectivity index (χ1v) is 12.6. The minimum atomic E-state index is -1.18. The number of aromatic nitrogens is 4. The number of methoxy groups -OCH3 is 1. The number of rotatable bonds is 8. The zero-order chi connectivity index (χ0) is 25.1. The van der Waals surface area contributed by atoms with E-state index in [9.17, 15) is 9.90 Å². The summed E-state index contributed by atoms with van der Waals surface area (Å²) in [5.41, 5.74) is 7.11. The van der Waals surface area contributed by atoms with E-state index in [4.69, 9.17) is 14.9 Å². The molecule has 0 saturated carbocycles. The standard InChI is InChI=1S/C24H31N7O3S/c1-6-30(7-2)9-8-16-10-18-20-17(16)13-35-29-23(26-24(32)33)21(20)28-31(27-18)12-19-15(4)22(34-5)14(3)11-25-19/h10-11H,6-9,12-13H2,1-5H3,(H,26,29)(H,32,33). The van der Waals surface area contributed by atoms with E-state index in [0.29, 0.717) is 18.0 Å². The van der Waals surface area contributed by atoms with Crippen LogP contribution in [0.5, 0.6) is 5.75 Å². The number of hydrogen-bond donors (Lipinski definition) is 2. The zero-order valence-electron chi connectivity index (χ0n) is 20.8. The van der Waals surface area contributed by atoms with Crippen LogP contribution in [0, 0.1) is 13.8 Å². The Morgan fingerprint density at radius 2 is 2.06 bits per heavy atom. The molecule has 0 atom stereocenters. The largest absolute Gasteiger partial charge is 0.496 e. The molecule has 2 N–H and O–H groups in total. The Morgan fingerprint density at radius 3 is 2.74 bits per heavy atom. The van der Waals surface area contributed by atoms with E-state index in [1.807, 2.05) is 13.8 Å². The molecule has 1 amide bonds. The van der Waals surface area contributed by atoms with Gasteiger partial charge in [-0.1, -0.05) is 13.8 Å². The molecule has 2 aliphatic heterocycles. The van der Waals surface area contributed by atoms with Crippen molar-refractivity contribution in [1.82, 2.24) is 30.2 Å². The number of carboxylic acid groups (broad SMARTS) is 1. The van der Waals surface area contributed by atoms with Gasteiger partial charge in [0.15, 0.2) is 5.84 Å². The molecule has 0 saturated heterocycles. The minimum absolute atomic E-state index is 0.217. The number of hydrogen-bond acceptors (Lipinski definition) is 8. The highest BCUT2D eigenvalue weighted by Gasteiger charge is 2.29. The first kappa shape index (κ1) is 24.9. The van der Waals surface area contributed by atoms with E-state index < -0.39 is 6.09 Å². The van der Waals surface area contributed by atoms with Crippen LogP contribution < -0.4 is 10.1 Å². The number of amides is 1. The highest BCUT2D eigenvalue weighted by Crippen LogP contribution is 2.38. The molecule has 0 bridgehead atoms. The van der Waals surface area contributed by atoms with Crippen LogP contribution in [0.1, 0.15) is 47.5 Å². The number of ether oxygens (including phenoxy) is 1. The van der Waals surface area contributed by atoms with Gasteiger partial charge in [0.1, 0.15) is 18.0 Å². The predicted molar refractivity (Wildman–Crippen MR) is 136 cm³/mol. The third kappa shape index (κ3) is 5.10. The Kier molecular flexibility index (Phi) is 7.56. The lowest BCUT2D eigenvalue weighted by molar-refractivity contribution is 0.200. The lowest BCUT2D eigenvalue weighted by Gasteiger charge is -2.17. The molecule has 11 heteroatoms. The normalized spacial score (nSPS) is 13.1. The topological polar surface area (TPSA) is 118 Å². The molecule has 4 rings (SSSR count). The molecule has 186 valence electrons. The number of nitrogens with zero attached hydrogens (tertiary/aromatic N) is 6. The zero-order valence-corrected chi connectivity index (χ0v) is 21.6. The summed E-state index contributed by atoms with van der Waals surface area (Å²) in [5, 5.41) is 21.4. The quantitative estimate of drug-likeness (QED) is 0.454. The fraction of sp³-hybridized carbons (Fsp3) is 0.458. The van der Waals surface area contributed by atoms with Crippen LogP contribution in [0.15, 0.2) is 16.7 Å². The van der Waals surface area contributed by atoms with Gasteiger partial charge in [0.2, 0.25) is 0 Å². The van der Waals surface area contributed by atoms with Crippen molar-refractivity contribution in [3.05, 3.63) is 45.9 Å². The van der Waals surface area contributed by atoms with E-state index >= 15 is 0 Å². The van der Waals surface area contributed by atoms with Crippen LogP contribution in [0.25, 0.3) is 11.3 Å². The number of likely N-dealkylation sites (N-methyl/N-ethyl adjacent to an activating group) is 1. The fourth-order valence-electron chi connectivity index (χ4n) is 4.49. The van der Waals surface area contributed by atoms with Crippen molar-refractivity contribution in [2.45, 2.75) is 46.4 Å². The van der Waals surface area contributed by atoms with Gasteiger partial charge < -0.3 is 14.7 Å². The number of nitrogens with one attached hydrogen (secondary N) is 1. The SMILES string of the molecule is CCN(CC)CCc1cc2nn(Cc3ncc(C)c(OC)c3C)nc3c-2c1CSN=C3NC(=O)O. The van der Waals surface area contributed by atoms with Crippen LogP contribution in [0.3, 0.4) is 0 Å². The number of pyridine rings is 1. The fourth-order valence-corrected chi connectivity index (χ4v) is 5.27. The van der Waals surface area contributed by atoms with Gasteiger partial charge in [-0.15, -0.1) is 0 Å². The maximum Gasteiger partial charge on any atom is 0.410 e. The average molecular weight is 498 g/mol. The number of amidine groups is 1. The highest BCUT2D eigenvalue weighted by atomic mass is 32.2. The summed E-state index contributed by atoms with van der Waals surface area (Å²) >= 11 is 1.32. The maximum absolute atomic E-state index is 11.5. The summed E-state index contributed by atoms with van der Waals surface area (Å²) in [4.78, 5) is 20.0. The van der Waals surface area contributed by atoms with Gasteiger partial charge in [0.25, 0.3) is 0 Å². The summed E-state index contributed by atoms with van der Waals surface area (Å²) in [5.74, 6) is 1.64. The predicted octanol–water partition coefficient (Wildman–Crippen LogP) is 3.51. The van der Waals surface area contributed by atoms with Crippen LogP contribution in [-0.2, 0) is 18.7 Å². The van der Waals surface area contributed by atoms with E-state index in [2.05, 4.69) is 39.5 Å². The van der Waals surface area contributed by atoms with Crippen LogP contribution in [0.4, 0.5) is 4.79 Å². The Morgan fingerprint density at radius 1 is 1.29 bits per heavy atom. The van der Waals surface area contributed by atoms with Crippen molar-refractivity contribution in [2.24, 2.45) is 4.40 Å². The van der Waals surface area contributed by atoms with Crippen molar-refractivity contribution < 1.29 is 14.6 Å². The van der Waals surface area contributed by atoms with Gasteiger partial charge in [-0.2, -0.15) is 19.4 Å². The van der Waals surface area contributed by atoms with Gasteiger partial charge in [0, 0.05) is 35.2 Å². The van der Waals surface area contributed by atoms with Crippen molar-refractivity contribution in [2.75, 3.05) is 26.7 Å². The van der Waals surface area contributed by atoms with Crippen molar-refractivity contribution >= 4 is 23.9 Å². The molecule has 35 heavy (non-hydrogen) atoms. The third-order valence-corrected chi connectivity index (χ3v) is 7.11. The summed E-state index contributed by atoms with van der Waals surface area (Å²) in [6.45, 7) is 11.5. The van der Waals surface area contributed by atoms with Crippen molar-refractivity contribution in [1.29, 1.82) is 0 Å². The van der Waals surface area contributed by atoms with E-state index in [1.165, 1.54) is 17.5 Å². The molecular weight excluding hydrogens is 466 g/mol. The summed E-state index contributed by atoms with van der Waals surface area (Å²) in [6, 6.07) is 2.11. The molecule has 10 nitrogen and oxygen atoms in total. The molecule has 0 aromatic carbocycles. The molecule has 0 radical (unpaired) electrons. The van der Waals surface area contributed by atoms with Gasteiger partial charge in [0.05, 0.1) is 18.5 Å². The molecule has 3 aliphatic rings. The second-order valence-electron chi connectivity index (χ2n) is 8.45. The third-order valence-electron chi connectivity index (χ3n) is 6.38. The smallest absolute Gasteiger partial charge is 0.410 e. The van der Waals surface area contributed by atoms with E-state index in [0.717, 1.165) is 65.4 Å². The molecule has 3 heterocycles. The highest BCUT2D eigenvalue weighted by molar-refractivity contribution is 7.97. The monoisotopic (exact) mass is 497 g/mol. The van der Waals surface area contributed by atoms with Crippen LogP contribution in [-0.4, -0.2) is 68.7 Å². The van der Waals surface area contributed by atoms with Crippen molar-refractivity contribution in [3.63, 3.8) is 0 Å². The molecule has 1 aromatic rings. The Balaban J connectivity index is 1.80. The van der Waals surface area contributed by atoms with E-state index in [1.54, 1.807) is 18.1 Å². The Bertz CT molecular complexity index is 1240. The lowest BCUT2D eigenvalue weighted by Crippen LogP contribution is -2.32. The lowest BCUT2D eigenvalue weighted by atomic mass is 10.1. The van der Waals surface area contributed by atoms with Gasteiger partial charge in [-0.05, 0) is 62.5 Å². The Labute approximate surface area is 209 Å². The number of aryl methyl sites for hydroxylation is 1. The number of carbonyl (C=O) groups is 1. The first-order valence-electron chi connectivity index (χ1n) is 11.7. The minimum Gasteiger partial charge on any atom is -0.496 e. The second kappa shape index (κ2) is 10.6. The maximum atomic E-state index is 11.5. The summed E-state index contributed by atoms with van der Waals surface area (Å²) in [6.07, 6.45) is 1.47. The van der Waals surface area contributed by atoms with Gasteiger partial charge in [-0.3, -0.25) is 10.3 Å². The molecule has 0 spiro atoms. The summed E-state index contributed by atoms with van der Waals surface area (Å²) < 4.78 is 9.99. The molecule has 1 aliphatic carbocycles. The molecule has 0 unspecified atom stereocenters. The molecule has 1 aromatic heterocycles. The summed E-state index contributed by atoms with van der Waals surface area (Å²) in [7, 11) is 1.64. The van der Waals surface area contributed by atoms with Gasteiger partial charge >= 0.3 is 6.09 Å². The van der Waals surface area contributed by atoms with Crippen molar-refractivity contribution in [3.8, 4) is 17.0 Å². The van der Waals surface area contributed by atoms with E-state index in [-0.39, 0.29) is 5.84 Å². The van der Waals surface area contributed by atoms with Gasteiger partial charge in [-0.25, -0.2) is 4.79 Å². The van der Waals surface area contributed by atoms with Crippen LogP contribution in [0.2, 0.25) is 0 Å². The molecular formula is C24H31N7O3S. The average Bonchev–Trinajstić information content (AvgIpc) is 3.07. The second-order valence-corrected chi connectivity index (χ2v) is 9.18. The molecule has 0 fully saturated rings. The van der Waals surface area contributed by atoms with Crippen LogP contribution >= 0.6 is 11.9 Å².